The fourth-order valence-electron chi connectivity index (χ4n) is 1.81. The number of rotatable bonds is 3. The van der Waals surface area contributed by atoms with Gasteiger partial charge in [0.2, 0.25) is 0 Å². The van der Waals surface area contributed by atoms with Crippen LogP contribution in [-0.4, -0.2) is 25.8 Å². The molecule has 2 atom stereocenters. The lowest BCUT2D eigenvalue weighted by Crippen LogP contribution is -2.40. The molecule has 0 bridgehead atoms. The van der Waals surface area contributed by atoms with E-state index in [1.165, 1.54) is 6.42 Å². The lowest BCUT2D eigenvalue weighted by Gasteiger charge is -2.29. The van der Waals surface area contributed by atoms with Crippen molar-refractivity contribution >= 4 is 11.0 Å². The summed E-state index contributed by atoms with van der Waals surface area (Å²) in [4.78, 5) is 0. The Morgan fingerprint density at radius 1 is 1.57 bits per heavy atom. The minimum atomic E-state index is -0.859. The number of hydrogen-bond acceptors (Lipinski definition) is 1. The van der Waals surface area contributed by atoms with Crippen molar-refractivity contribution in [1.82, 2.24) is 4.31 Å². The van der Waals surface area contributed by atoms with Gasteiger partial charge < -0.3 is 0 Å². The molecule has 0 aromatic rings. The molecule has 3 heteroatoms. The minimum absolute atomic E-state index is 0.135. The third kappa shape index (κ3) is 2.67. The van der Waals surface area contributed by atoms with Crippen LogP contribution in [0.25, 0.3) is 0 Å². The summed E-state index contributed by atoms with van der Waals surface area (Å²) in [7, 11) is -0.859. The van der Waals surface area contributed by atoms with Crippen LogP contribution in [0.1, 0.15) is 40.0 Å². The van der Waals surface area contributed by atoms with Crippen LogP contribution >= 0.6 is 0 Å². The topological polar surface area (TPSA) is 20.3 Å². The third-order valence-electron chi connectivity index (χ3n) is 2.50. The van der Waals surface area contributed by atoms with Crippen molar-refractivity contribution in [2.45, 2.75) is 50.8 Å². The zero-order valence-electron chi connectivity index (χ0n) is 9.45. The van der Waals surface area contributed by atoms with E-state index < -0.39 is 11.0 Å². The van der Waals surface area contributed by atoms with Gasteiger partial charge in [-0.3, -0.25) is 0 Å². The van der Waals surface area contributed by atoms with Crippen molar-refractivity contribution in [2.24, 2.45) is 0 Å². The lowest BCUT2D eigenvalue weighted by atomic mass is 10.2. The first kappa shape index (κ1) is 11.9. The van der Waals surface area contributed by atoms with Gasteiger partial charge in [0.25, 0.3) is 0 Å². The van der Waals surface area contributed by atoms with E-state index in [0.29, 0.717) is 6.04 Å². The predicted molar refractivity (Wildman–Crippen MR) is 62.4 cm³/mol. The summed E-state index contributed by atoms with van der Waals surface area (Å²) in [5.41, 5.74) is 0. The predicted octanol–water partition coefficient (Wildman–Crippen LogP) is 2.49. The van der Waals surface area contributed by atoms with Crippen molar-refractivity contribution in [2.75, 3.05) is 6.54 Å². The molecule has 2 nitrogen and oxygen atoms in total. The summed E-state index contributed by atoms with van der Waals surface area (Å²) in [6.45, 7) is 10.8. The summed E-state index contributed by atoms with van der Waals surface area (Å²) in [6, 6.07) is 0.451. The van der Waals surface area contributed by atoms with Gasteiger partial charge in [-0.25, -0.2) is 8.51 Å². The first-order valence-corrected chi connectivity index (χ1v) is 6.37. The molecule has 1 saturated heterocycles. The Morgan fingerprint density at radius 3 is 2.71 bits per heavy atom. The molecule has 82 valence electrons. The van der Waals surface area contributed by atoms with Crippen LogP contribution in [-0.2, 0) is 11.0 Å². The fraction of sp³-hybridized carbons (Fsp3) is 0.818. The summed E-state index contributed by atoms with van der Waals surface area (Å²) < 4.78 is 14.2. The van der Waals surface area contributed by atoms with E-state index in [-0.39, 0.29) is 4.75 Å². The van der Waals surface area contributed by atoms with Gasteiger partial charge in [0.05, 0.1) is 15.7 Å². The molecule has 1 heterocycles. The highest BCUT2D eigenvalue weighted by Crippen LogP contribution is 2.27. The first-order chi connectivity index (χ1) is 6.46. The Morgan fingerprint density at radius 2 is 2.21 bits per heavy atom. The molecule has 1 rings (SSSR count). The van der Waals surface area contributed by atoms with Gasteiger partial charge >= 0.3 is 0 Å². The summed E-state index contributed by atoms with van der Waals surface area (Å²) in [5, 5.41) is 0. The van der Waals surface area contributed by atoms with Crippen molar-refractivity contribution in [3.63, 3.8) is 0 Å². The quantitative estimate of drug-likeness (QED) is 0.662. The maximum atomic E-state index is 12.2. The van der Waals surface area contributed by atoms with Gasteiger partial charge in [-0.15, -0.1) is 6.58 Å². The van der Waals surface area contributed by atoms with Crippen molar-refractivity contribution in [3.05, 3.63) is 12.7 Å². The third-order valence-corrected chi connectivity index (χ3v) is 4.45. The Balaban J connectivity index is 2.67. The van der Waals surface area contributed by atoms with Crippen LogP contribution in [0.3, 0.4) is 0 Å². The van der Waals surface area contributed by atoms with E-state index in [1.54, 1.807) is 0 Å². The molecule has 0 aromatic carbocycles. The van der Waals surface area contributed by atoms with Crippen LogP contribution in [0.15, 0.2) is 12.7 Å². The van der Waals surface area contributed by atoms with Gasteiger partial charge in [0.15, 0.2) is 0 Å². The molecule has 0 aromatic heterocycles. The van der Waals surface area contributed by atoms with Crippen LogP contribution in [0.4, 0.5) is 0 Å². The van der Waals surface area contributed by atoms with Gasteiger partial charge in [-0.2, -0.15) is 0 Å². The van der Waals surface area contributed by atoms with Gasteiger partial charge in [0, 0.05) is 12.6 Å². The van der Waals surface area contributed by atoms with Gasteiger partial charge in [-0.1, -0.05) is 6.08 Å². The molecule has 1 aliphatic rings. The van der Waals surface area contributed by atoms with Gasteiger partial charge in [-0.05, 0) is 40.0 Å². The van der Waals surface area contributed by atoms with Crippen LogP contribution in [0.2, 0.25) is 0 Å². The zero-order chi connectivity index (χ0) is 10.8. The highest BCUT2D eigenvalue weighted by atomic mass is 32.2. The zero-order valence-corrected chi connectivity index (χ0v) is 10.3. The second kappa shape index (κ2) is 4.58. The maximum absolute atomic E-state index is 12.2. The SMILES string of the molecule is C=CC[C@H]1CCCN1[S@@](=O)C(C)(C)C. The Bertz CT molecular complexity index is 232. The monoisotopic (exact) mass is 215 g/mol. The van der Waals surface area contributed by atoms with E-state index in [1.807, 2.05) is 26.8 Å². The highest BCUT2D eigenvalue weighted by molar-refractivity contribution is 7.84. The van der Waals surface area contributed by atoms with E-state index in [2.05, 4.69) is 10.9 Å². The largest absolute Gasteiger partial charge is 0.242 e. The van der Waals surface area contributed by atoms with E-state index in [9.17, 15) is 4.21 Å². The molecule has 14 heavy (non-hydrogen) atoms. The molecule has 1 fully saturated rings. The summed E-state index contributed by atoms with van der Waals surface area (Å²) >= 11 is 0. The van der Waals surface area contributed by atoms with Crippen LogP contribution in [0.5, 0.6) is 0 Å². The number of nitrogens with zero attached hydrogens (tertiary/aromatic N) is 1. The van der Waals surface area contributed by atoms with E-state index >= 15 is 0 Å². The second-order valence-corrected chi connectivity index (χ2v) is 7.01. The molecule has 0 radical (unpaired) electrons. The number of hydrogen-bond donors (Lipinski definition) is 0. The molecule has 0 unspecified atom stereocenters. The molecular weight excluding hydrogens is 194 g/mol. The normalized spacial score (nSPS) is 26.4. The van der Waals surface area contributed by atoms with Crippen LogP contribution in [0, 0.1) is 0 Å². The summed E-state index contributed by atoms with van der Waals surface area (Å²) in [6.07, 6.45) is 5.22. The maximum Gasteiger partial charge on any atom is 0.1000 e. The summed E-state index contributed by atoms with van der Waals surface area (Å²) in [5.74, 6) is 0. The molecule has 0 N–H and O–H groups in total. The van der Waals surface area contributed by atoms with Gasteiger partial charge in [0.1, 0.15) is 0 Å². The molecule has 0 amide bonds. The smallest absolute Gasteiger partial charge is 0.1000 e. The lowest BCUT2D eigenvalue weighted by molar-refractivity contribution is 0.407. The Hall–Kier alpha value is -0.150. The second-order valence-electron chi connectivity index (χ2n) is 4.82. The molecular formula is C11H21NOS. The van der Waals surface area contributed by atoms with Crippen LogP contribution < -0.4 is 0 Å². The Labute approximate surface area is 90.0 Å². The Kier molecular flexibility index (Phi) is 3.90. The molecule has 0 aliphatic carbocycles. The van der Waals surface area contributed by atoms with E-state index in [4.69, 9.17) is 0 Å². The fourth-order valence-corrected chi connectivity index (χ4v) is 3.27. The highest BCUT2D eigenvalue weighted by Gasteiger charge is 2.33. The van der Waals surface area contributed by atoms with Crippen molar-refractivity contribution in [1.29, 1.82) is 0 Å². The molecule has 1 aliphatic heterocycles. The minimum Gasteiger partial charge on any atom is -0.242 e. The first-order valence-electron chi connectivity index (χ1n) is 5.26. The standard InChI is InChI=1S/C11H21NOS/c1-5-7-10-8-6-9-12(10)14(13)11(2,3)4/h5,10H,1,6-9H2,2-4H3/t10-,14-/m0/s1. The average molecular weight is 215 g/mol. The molecule has 0 spiro atoms. The molecule has 0 saturated carbocycles. The van der Waals surface area contributed by atoms with Crippen molar-refractivity contribution < 1.29 is 4.21 Å². The van der Waals surface area contributed by atoms with Crippen molar-refractivity contribution in [3.8, 4) is 0 Å². The van der Waals surface area contributed by atoms with E-state index in [0.717, 1.165) is 19.4 Å². The average Bonchev–Trinajstić information content (AvgIpc) is 2.50.